The molecule has 12 heteroatoms. The smallest absolute Gasteiger partial charge is 0.208 e. The molecule has 3 saturated heterocycles. The van der Waals surface area contributed by atoms with Gasteiger partial charge in [-0.15, -0.1) is 0 Å². The Balaban J connectivity index is 1.27. The molecule has 0 amide bonds. The Morgan fingerprint density at radius 2 is 1.90 bits per heavy atom. The number of aromatic nitrogens is 2. The van der Waals surface area contributed by atoms with Crippen molar-refractivity contribution in [1.29, 1.82) is 0 Å². The van der Waals surface area contributed by atoms with E-state index >= 15 is 0 Å². The summed E-state index contributed by atoms with van der Waals surface area (Å²) in [5, 5.41) is 22.3. The third kappa shape index (κ3) is 4.54. The van der Waals surface area contributed by atoms with E-state index in [0.29, 0.717) is 0 Å². The Kier molecular flexibility index (Phi) is 6.84. The molecule has 5 aliphatic rings. The maximum Gasteiger partial charge on any atom is 0.208 e. The summed E-state index contributed by atoms with van der Waals surface area (Å²) in [7, 11) is 2.20. The molecular formula is C29H40N10O2. The van der Waals surface area contributed by atoms with Crippen LogP contribution in [-0.4, -0.2) is 112 Å². The minimum absolute atomic E-state index is 0.0815. The Hall–Kier alpha value is -3.61. The highest BCUT2D eigenvalue weighted by molar-refractivity contribution is 5.99. The number of morpholine rings is 1. The first kappa shape index (κ1) is 26.3. The number of nitrogens with one attached hydrogen (secondary N) is 1. The van der Waals surface area contributed by atoms with E-state index in [2.05, 4.69) is 72.4 Å². The molecule has 218 valence electrons. The van der Waals surface area contributed by atoms with Gasteiger partial charge in [0.05, 0.1) is 30.8 Å². The average Bonchev–Trinajstić information content (AvgIpc) is 3.31. The molecule has 1 aromatic heterocycles. The Morgan fingerprint density at radius 3 is 2.66 bits per heavy atom. The summed E-state index contributed by atoms with van der Waals surface area (Å²) in [4.78, 5) is 17.0. The molecule has 0 spiro atoms. The topological polar surface area (TPSA) is 122 Å². The number of rotatable bonds is 5. The van der Waals surface area contributed by atoms with Crippen molar-refractivity contribution in [3.63, 3.8) is 0 Å². The van der Waals surface area contributed by atoms with Crippen LogP contribution >= 0.6 is 0 Å². The Bertz CT molecular complexity index is 1400. The third-order valence-corrected chi connectivity index (χ3v) is 9.21. The Labute approximate surface area is 240 Å². The van der Waals surface area contributed by atoms with Gasteiger partial charge < -0.3 is 30.8 Å². The molecule has 3 fully saturated rings. The lowest BCUT2D eigenvalue weighted by molar-refractivity contribution is -0.0243. The standard InChI is InChI=1S/C29H40N10O2/c1-19-7-5-8-20-26(19)29(33-28(31-20)27(30)34-40)38-12-4-3-9-21(38)22-17-24-32-23(36-10-6-11-36)18-25(39(24)35(22)2)37-13-15-41-16-14-37/h5,7-8,17-18,21-23,32,40H,3-4,6,9-16H2,1-2H3,(H2,30,34). The quantitative estimate of drug-likeness (QED) is 0.214. The number of piperidine rings is 1. The predicted octanol–water partition coefficient (Wildman–Crippen LogP) is 1.57. The number of nitrogens with zero attached hydrogens (tertiary/aromatic N) is 8. The number of hydrogen-bond donors (Lipinski definition) is 3. The van der Waals surface area contributed by atoms with Crippen LogP contribution in [0.4, 0.5) is 5.82 Å². The fourth-order valence-corrected chi connectivity index (χ4v) is 6.92. The summed E-state index contributed by atoms with van der Waals surface area (Å²) in [6.45, 7) is 8.49. The van der Waals surface area contributed by atoms with Gasteiger partial charge in [0, 0.05) is 45.2 Å². The molecule has 12 nitrogen and oxygen atoms in total. The van der Waals surface area contributed by atoms with E-state index in [1.807, 2.05) is 12.1 Å². The molecule has 0 bridgehead atoms. The van der Waals surface area contributed by atoms with Crippen molar-refractivity contribution in [2.45, 2.75) is 50.9 Å². The third-order valence-electron chi connectivity index (χ3n) is 9.21. The molecule has 1 aromatic carbocycles. The van der Waals surface area contributed by atoms with Gasteiger partial charge in [0.15, 0.2) is 0 Å². The van der Waals surface area contributed by atoms with E-state index in [-0.39, 0.29) is 29.9 Å². The van der Waals surface area contributed by atoms with Crippen molar-refractivity contribution in [1.82, 2.24) is 35.1 Å². The minimum Gasteiger partial charge on any atom is -0.409 e. The molecule has 0 radical (unpaired) electrons. The van der Waals surface area contributed by atoms with Gasteiger partial charge >= 0.3 is 0 Å². The molecule has 0 saturated carbocycles. The van der Waals surface area contributed by atoms with Crippen LogP contribution in [0.2, 0.25) is 0 Å². The maximum absolute atomic E-state index is 9.43. The summed E-state index contributed by atoms with van der Waals surface area (Å²) < 4.78 is 5.70. The lowest BCUT2D eigenvalue weighted by Crippen LogP contribution is -2.59. The number of hydrogen-bond acceptors (Lipinski definition) is 11. The van der Waals surface area contributed by atoms with Crippen molar-refractivity contribution in [2.75, 3.05) is 57.9 Å². The number of oxime groups is 1. The lowest BCUT2D eigenvalue weighted by atomic mass is 9.94. The summed E-state index contributed by atoms with van der Waals surface area (Å²) >= 11 is 0. The van der Waals surface area contributed by atoms with Crippen LogP contribution in [-0.2, 0) is 4.74 Å². The van der Waals surface area contributed by atoms with Crippen LogP contribution in [0, 0.1) is 6.92 Å². The van der Waals surface area contributed by atoms with Crippen molar-refractivity contribution in [3.8, 4) is 0 Å². The number of ether oxygens (including phenoxy) is 1. The van der Waals surface area contributed by atoms with Crippen molar-refractivity contribution in [2.24, 2.45) is 10.9 Å². The molecule has 6 heterocycles. The average molecular weight is 561 g/mol. The van der Waals surface area contributed by atoms with Gasteiger partial charge in [-0.3, -0.25) is 4.90 Å². The zero-order valence-electron chi connectivity index (χ0n) is 23.9. The van der Waals surface area contributed by atoms with Gasteiger partial charge in [-0.2, -0.15) is 0 Å². The minimum atomic E-state index is -0.0815. The second kappa shape index (κ2) is 10.7. The van der Waals surface area contributed by atoms with E-state index in [4.69, 9.17) is 15.5 Å². The van der Waals surface area contributed by atoms with Crippen molar-refractivity contribution in [3.05, 3.63) is 53.4 Å². The fourth-order valence-electron chi connectivity index (χ4n) is 6.92. The van der Waals surface area contributed by atoms with Crippen LogP contribution in [0.5, 0.6) is 0 Å². The first-order valence-corrected chi connectivity index (χ1v) is 14.8. The maximum atomic E-state index is 9.43. The Morgan fingerprint density at radius 1 is 1.07 bits per heavy atom. The number of likely N-dealkylation sites (N-methyl/N-ethyl adjacent to an activating group) is 1. The highest BCUT2D eigenvalue weighted by Gasteiger charge is 2.44. The van der Waals surface area contributed by atoms with Gasteiger partial charge in [0.25, 0.3) is 0 Å². The number of anilines is 1. The SMILES string of the molecule is Cc1cccc2nc(C(N)=NO)nc(N3CCCCC3C3C=C4NC(N5CCC5)C=C(N5CCOCC5)N4N3C)c12. The number of nitrogens with two attached hydrogens (primary N) is 1. The van der Waals surface area contributed by atoms with Crippen LogP contribution in [0.1, 0.15) is 37.1 Å². The zero-order chi connectivity index (χ0) is 28.1. The molecule has 3 atom stereocenters. The lowest BCUT2D eigenvalue weighted by Gasteiger charge is -2.48. The molecule has 41 heavy (non-hydrogen) atoms. The summed E-state index contributed by atoms with van der Waals surface area (Å²) in [6, 6.07) is 6.37. The van der Waals surface area contributed by atoms with E-state index in [1.165, 1.54) is 12.2 Å². The van der Waals surface area contributed by atoms with Gasteiger partial charge in [-0.25, -0.2) is 20.0 Å². The van der Waals surface area contributed by atoms with Crippen molar-refractivity contribution >= 4 is 22.6 Å². The van der Waals surface area contributed by atoms with E-state index in [1.54, 1.807) is 0 Å². The second-order valence-electron chi connectivity index (χ2n) is 11.6. The number of aryl methyl sites for hydroxylation is 1. The number of hydrazine groups is 1. The zero-order valence-corrected chi connectivity index (χ0v) is 23.9. The van der Waals surface area contributed by atoms with Crippen LogP contribution in [0.3, 0.4) is 0 Å². The number of likely N-dealkylation sites (tertiary alicyclic amines) is 1. The summed E-state index contributed by atoms with van der Waals surface area (Å²) in [5.41, 5.74) is 7.93. The predicted molar refractivity (Wildman–Crippen MR) is 157 cm³/mol. The van der Waals surface area contributed by atoms with Crippen LogP contribution < -0.4 is 16.0 Å². The highest BCUT2D eigenvalue weighted by atomic mass is 16.5. The summed E-state index contributed by atoms with van der Waals surface area (Å²) in [5.74, 6) is 3.40. The normalized spacial score (nSPS) is 27.8. The van der Waals surface area contributed by atoms with Crippen LogP contribution in [0.25, 0.3) is 10.9 Å². The monoisotopic (exact) mass is 560 g/mol. The molecule has 2 aromatic rings. The van der Waals surface area contributed by atoms with E-state index in [9.17, 15) is 5.21 Å². The van der Waals surface area contributed by atoms with Gasteiger partial charge in [0.1, 0.15) is 23.6 Å². The highest BCUT2D eigenvalue weighted by Crippen LogP contribution is 2.38. The van der Waals surface area contributed by atoms with E-state index < -0.39 is 0 Å². The molecule has 5 aliphatic heterocycles. The molecule has 0 aliphatic carbocycles. The number of amidine groups is 1. The van der Waals surface area contributed by atoms with Gasteiger partial charge in [0.2, 0.25) is 11.7 Å². The number of fused-ring (bicyclic) bond motifs is 2. The number of benzene rings is 1. The van der Waals surface area contributed by atoms with Gasteiger partial charge in [-0.05, 0) is 56.4 Å². The molecule has 4 N–H and O–H groups in total. The first-order chi connectivity index (χ1) is 20.0. The molecular weight excluding hydrogens is 520 g/mol. The van der Waals surface area contributed by atoms with Crippen LogP contribution in [0.15, 0.2) is 47.1 Å². The largest absolute Gasteiger partial charge is 0.409 e. The summed E-state index contributed by atoms with van der Waals surface area (Å²) in [6.07, 6.45) is 9.51. The molecule has 7 rings (SSSR count). The van der Waals surface area contributed by atoms with Gasteiger partial charge in [-0.1, -0.05) is 17.3 Å². The molecule has 3 unspecified atom stereocenters. The van der Waals surface area contributed by atoms with E-state index in [0.717, 1.165) is 93.3 Å². The van der Waals surface area contributed by atoms with Crippen molar-refractivity contribution < 1.29 is 9.94 Å². The fraction of sp³-hybridized carbons (Fsp3) is 0.552. The second-order valence-corrected chi connectivity index (χ2v) is 11.6. The first-order valence-electron chi connectivity index (χ1n) is 14.8.